The van der Waals surface area contributed by atoms with E-state index in [-0.39, 0.29) is 12.6 Å². The van der Waals surface area contributed by atoms with Crippen molar-refractivity contribution in [2.24, 2.45) is 5.73 Å². The number of esters is 1. The summed E-state index contributed by atoms with van der Waals surface area (Å²) in [5.74, 6) is -0.238. The molecule has 0 unspecified atom stereocenters. The van der Waals surface area contributed by atoms with E-state index in [1.165, 1.54) is 41.8 Å². The van der Waals surface area contributed by atoms with Crippen molar-refractivity contribution in [2.75, 3.05) is 13.2 Å². The third-order valence-electron chi connectivity index (χ3n) is 7.23. The van der Waals surface area contributed by atoms with E-state index in [1.54, 1.807) is 6.08 Å². The van der Waals surface area contributed by atoms with Gasteiger partial charge in [0.25, 0.3) is 0 Å². The number of ether oxygens (including phenoxy) is 1. The second kappa shape index (κ2) is 13.5. The minimum absolute atomic E-state index is 0.213. The highest BCUT2D eigenvalue weighted by Crippen LogP contribution is 2.36. The first-order chi connectivity index (χ1) is 18.1. The van der Waals surface area contributed by atoms with Crippen LogP contribution in [0.1, 0.15) is 68.1 Å². The zero-order valence-corrected chi connectivity index (χ0v) is 21.6. The Morgan fingerprint density at radius 1 is 0.811 bits per heavy atom. The molecule has 37 heavy (non-hydrogen) atoms. The summed E-state index contributed by atoms with van der Waals surface area (Å²) in [5, 5.41) is 25.4. The van der Waals surface area contributed by atoms with Crippen molar-refractivity contribution in [3.63, 3.8) is 0 Å². The lowest BCUT2D eigenvalue weighted by Gasteiger charge is -2.13. The van der Waals surface area contributed by atoms with Crippen LogP contribution in [0.4, 0.5) is 0 Å². The Hall–Kier alpha value is -2.99. The predicted octanol–water partition coefficient (Wildman–Crippen LogP) is 6.49. The van der Waals surface area contributed by atoms with E-state index < -0.39 is 12.1 Å². The van der Waals surface area contributed by atoms with Gasteiger partial charge in [-0.2, -0.15) is 0 Å². The molecule has 0 aliphatic heterocycles. The summed E-state index contributed by atoms with van der Waals surface area (Å²) >= 11 is 0. The van der Waals surface area contributed by atoms with E-state index >= 15 is 0 Å². The van der Waals surface area contributed by atoms with Crippen LogP contribution in [0.5, 0.6) is 0 Å². The van der Waals surface area contributed by atoms with Crippen LogP contribution in [0.15, 0.2) is 66.7 Å². The molecular formula is C32H39NO4. The third-order valence-corrected chi connectivity index (χ3v) is 7.23. The average Bonchev–Trinajstić information content (AvgIpc) is 2.93. The Bertz CT molecular complexity index is 1300. The van der Waals surface area contributed by atoms with Crippen LogP contribution in [0.3, 0.4) is 0 Å². The number of rotatable bonds is 15. The van der Waals surface area contributed by atoms with Crippen LogP contribution >= 0.6 is 0 Å². The van der Waals surface area contributed by atoms with Gasteiger partial charge < -0.3 is 20.7 Å². The van der Waals surface area contributed by atoms with Crippen molar-refractivity contribution in [3.05, 3.63) is 72.3 Å². The Morgan fingerprint density at radius 3 is 2.11 bits per heavy atom. The molecule has 0 aromatic heterocycles. The molecule has 0 spiro atoms. The Balaban J connectivity index is 1.13. The molecule has 196 valence electrons. The highest BCUT2D eigenvalue weighted by molar-refractivity contribution is 6.25. The topological polar surface area (TPSA) is 92.8 Å². The van der Waals surface area contributed by atoms with E-state index in [0.717, 1.165) is 48.3 Å². The molecule has 4 rings (SSSR count). The van der Waals surface area contributed by atoms with E-state index in [9.17, 15) is 9.90 Å². The predicted molar refractivity (Wildman–Crippen MR) is 152 cm³/mol. The van der Waals surface area contributed by atoms with E-state index in [1.807, 2.05) is 24.3 Å². The standard InChI is InChI=1S/C32H39NO4/c33-28(22-34)29(35)14-9-7-5-3-1-2-4-6-8-10-21-37-32(36)27-20-18-25-16-15-23-12-11-13-24-17-19-26(27)31(25)30(23)24/h9,11-20,28-29,34-35H,1-8,10,21-22,33H2/b14-9+/t28-,29+/m0/s1. The number of aliphatic hydroxyl groups is 2. The van der Waals surface area contributed by atoms with Crippen LogP contribution < -0.4 is 5.73 Å². The van der Waals surface area contributed by atoms with Crippen molar-refractivity contribution in [1.29, 1.82) is 0 Å². The minimum Gasteiger partial charge on any atom is -0.462 e. The van der Waals surface area contributed by atoms with Crippen molar-refractivity contribution >= 4 is 38.3 Å². The van der Waals surface area contributed by atoms with Crippen LogP contribution in [-0.4, -0.2) is 41.5 Å². The number of allylic oxidation sites excluding steroid dienone is 1. The van der Waals surface area contributed by atoms with Crippen molar-refractivity contribution in [1.82, 2.24) is 0 Å². The molecule has 0 fully saturated rings. The van der Waals surface area contributed by atoms with Crippen LogP contribution in [0.2, 0.25) is 0 Å². The fourth-order valence-electron chi connectivity index (χ4n) is 5.07. The number of aliphatic hydroxyl groups excluding tert-OH is 2. The molecule has 2 atom stereocenters. The van der Waals surface area contributed by atoms with Gasteiger partial charge in [0.2, 0.25) is 0 Å². The van der Waals surface area contributed by atoms with Gasteiger partial charge in [-0.1, -0.05) is 99.2 Å². The number of hydrogen-bond acceptors (Lipinski definition) is 5. The highest BCUT2D eigenvalue weighted by Gasteiger charge is 2.16. The van der Waals surface area contributed by atoms with Gasteiger partial charge in [0, 0.05) is 0 Å². The summed E-state index contributed by atoms with van der Waals surface area (Å²) < 4.78 is 5.65. The second-order valence-corrected chi connectivity index (χ2v) is 9.99. The molecule has 0 heterocycles. The molecule has 0 aliphatic rings. The summed E-state index contributed by atoms with van der Waals surface area (Å²) in [7, 11) is 0. The molecule has 0 aliphatic carbocycles. The van der Waals surface area contributed by atoms with Crippen molar-refractivity contribution < 1.29 is 19.7 Å². The quantitative estimate of drug-likeness (QED) is 0.0749. The summed E-state index contributed by atoms with van der Waals surface area (Å²) in [5.41, 5.74) is 6.21. The summed E-state index contributed by atoms with van der Waals surface area (Å²) in [6.07, 6.45) is 12.8. The van der Waals surface area contributed by atoms with E-state index in [2.05, 4.69) is 36.4 Å². The third kappa shape index (κ3) is 6.86. The lowest BCUT2D eigenvalue weighted by atomic mass is 9.92. The number of carbonyl (C=O) groups is 1. The maximum absolute atomic E-state index is 12.9. The first-order valence-corrected chi connectivity index (χ1v) is 13.6. The van der Waals surface area contributed by atoms with Crippen molar-refractivity contribution in [2.45, 2.75) is 69.9 Å². The van der Waals surface area contributed by atoms with Crippen LogP contribution in [-0.2, 0) is 4.74 Å². The van der Waals surface area contributed by atoms with E-state index in [4.69, 9.17) is 15.6 Å². The SMILES string of the molecule is N[C@@H](CO)[C@H](O)/C=C/CCCCCCCCCCOC(=O)c1ccc2ccc3cccc4ccc1c2c34. The maximum Gasteiger partial charge on any atom is 0.338 e. The number of carbonyl (C=O) groups excluding carboxylic acids is 1. The van der Waals surface area contributed by atoms with Gasteiger partial charge in [-0.05, 0) is 57.6 Å². The number of unbranched alkanes of at least 4 members (excludes halogenated alkanes) is 8. The van der Waals surface area contributed by atoms with Gasteiger partial charge in [-0.15, -0.1) is 0 Å². The second-order valence-electron chi connectivity index (χ2n) is 9.99. The fourth-order valence-corrected chi connectivity index (χ4v) is 5.07. The van der Waals surface area contributed by atoms with Gasteiger partial charge in [0.05, 0.1) is 30.9 Å². The van der Waals surface area contributed by atoms with Gasteiger partial charge >= 0.3 is 5.97 Å². The number of benzene rings is 4. The van der Waals surface area contributed by atoms with Crippen LogP contribution in [0, 0.1) is 0 Å². The normalized spacial score (nSPS) is 13.7. The van der Waals surface area contributed by atoms with Gasteiger partial charge in [0.1, 0.15) is 0 Å². The minimum atomic E-state index is -0.773. The monoisotopic (exact) mass is 501 g/mol. The summed E-state index contributed by atoms with van der Waals surface area (Å²) in [6.45, 7) is 0.244. The molecule has 0 saturated carbocycles. The molecule has 4 N–H and O–H groups in total. The summed E-state index contributed by atoms with van der Waals surface area (Å²) in [6, 6.07) is 18.0. The maximum atomic E-state index is 12.9. The van der Waals surface area contributed by atoms with Crippen LogP contribution in [0.25, 0.3) is 32.3 Å². The number of hydrogen-bond donors (Lipinski definition) is 3. The molecule has 0 saturated heterocycles. The zero-order valence-electron chi connectivity index (χ0n) is 21.6. The molecular weight excluding hydrogens is 462 g/mol. The Morgan fingerprint density at radius 2 is 1.41 bits per heavy atom. The molecule has 5 heteroatoms. The molecule has 0 bridgehead atoms. The van der Waals surface area contributed by atoms with Crippen molar-refractivity contribution in [3.8, 4) is 0 Å². The Kier molecular flexibility index (Phi) is 9.89. The van der Waals surface area contributed by atoms with Gasteiger partial charge in [-0.25, -0.2) is 4.79 Å². The first kappa shape index (κ1) is 27.1. The molecule has 0 radical (unpaired) electrons. The first-order valence-electron chi connectivity index (χ1n) is 13.6. The number of nitrogens with two attached hydrogens (primary N) is 1. The largest absolute Gasteiger partial charge is 0.462 e. The lowest BCUT2D eigenvalue weighted by molar-refractivity contribution is 0.0500. The molecule has 4 aromatic carbocycles. The molecule has 0 amide bonds. The smallest absolute Gasteiger partial charge is 0.338 e. The van der Waals surface area contributed by atoms with Gasteiger partial charge in [-0.3, -0.25) is 0 Å². The highest BCUT2D eigenvalue weighted by atomic mass is 16.5. The lowest BCUT2D eigenvalue weighted by Crippen LogP contribution is -2.36. The van der Waals surface area contributed by atoms with Gasteiger partial charge in [0.15, 0.2) is 0 Å². The molecule has 4 aromatic rings. The Labute approximate surface area is 219 Å². The zero-order chi connectivity index (χ0) is 26.0. The molecule has 5 nitrogen and oxygen atoms in total. The van der Waals surface area contributed by atoms with E-state index in [0.29, 0.717) is 12.2 Å². The fraction of sp³-hybridized carbons (Fsp3) is 0.406. The summed E-state index contributed by atoms with van der Waals surface area (Å²) in [4.78, 5) is 12.9. The average molecular weight is 502 g/mol.